The first-order chi connectivity index (χ1) is 11.2. The van der Waals surface area contributed by atoms with Crippen molar-refractivity contribution >= 4 is 17.4 Å². The molecule has 3 aromatic rings. The van der Waals surface area contributed by atoms with Gasteiger partial charge in [0.2, 0.25) is 0 Å². The summed E-state index contributed by atoms with van der Waals surface area (Å²) in [6.07, 6.45) is 3.32. The van der Waals surface area contributed by atoms with E-state index in [1.165, 1.54) is 11.5 Å². The zero-order chi connectivity index (χ0) is 16.2. The summed E-state index contributed by atoms with van der Waals surface area (Å²) in [6.45, 7) is 1.76. The fourth-order valence-corrected chi connectivity index (χ4v) is 2.81. The molecule has 1 atom stereocenters. The number of carbonyl (C=O) groups is 1. The number of hydrogen-bond donors (Lipinski definition) is 1. The van der Waals surface area contributed by atoms with Gasteiger partial charge in [-0.25, -0.2) is 4.68 Å². The number of aryl methyl sites for hydroxylation is 1. The van der Waals surface area contributed by atoms with Crippen molar-refractivity contribution in [3.8, 4) is 11.8 Å². The Morgan fingerprint density at radius 1 is 1.39 bits per heavy atom. The predicted molar refractivity (Wildman–Crippen MR) is 86.2 cm³/mol. The number of nitrogens with one attached hydrogen (secondary N) is 1. The molecule has 1 N–H and O–H groups in total. The standard InChI is InChI=1S/C16H13N5OS/c1-11-14(10-23-20-11)16(22)19-15(7-17)12-8-18-21(9-12)13-5-3-2-4-6-13/h2-6,8-10,15H,1H3,(H,19,22)/t15-/m1/s1. The highest BCUT2D eigenvalue weighted by Crippen LogP contribution is 2.16. The van der Waals surface area contributed by atoms with Crippen LogP contribution in [0.5, 0.6) is 0 Å². The van der Waals surface area contributed by atoms with E-state index in [2.05, 4.69) is 20.9 Å². The van der Waals surface area contributed by atoms with Crippen LogP contribution in [-0.2, 0) is 0 Å². The maximum Gasteiger partial charge on any atom is 0.255 e. The number of nitriles is 1. The highest BCUT2D eigenvalue weighted by molar-refractivity contribution is 7.03. The van der Waals surface area contributed by atoms with Crippen molar-refractivity contribution in [3.63, 3.8) is 0 Å². The topological polar surface area (TPSA) is 83.6 Å². The van der Waals surface area contributed by atoms with Crippen LogP contribution in [0.25, 0.3) is 5.69 Å². The number of hydrogen-bond acceptors (Lipinski definition) is 5. The normalized spacial score (nSPS) is 11.7. The van der Waals surface area contributed by atoms with Gasteiger partial charge in [-0.05, 0) is 30.6 Å². The number of rotatable bonds is 4. The van der Waals surface area contributed by atoms with E-state index in [4.69, 9.17) is 0 Å². The second-order valence-electron chi connectivity index (χ2n) is 4.90. The molecule has 0 saturated carbocycles. The van der Waals surface area contributed by atoms with Crippen LogP contribution in [0, 0.1) is 18.3 Å². The van der Waals surface area contributed by atoms with Gasteiger partial charge in [0.25, 0.3) is 5.91 Å². The lowest BCUT2D eigenvalue weighted by Crippen LogP contribution is -2.27. The maximum atomic E-state index is 12.2. The van der Waals surface area contributed by atoms with Crippen LogP contribution in [0.1, 0.15) is 27.7 Å². The van der Waals surface area contributed by atoms with Gasteiger partial charge in [0.15, 0.2) is 0 Å². The van der Waals surface area contributed by atoms with E-state index < -0.39 is 6.04 Å². The Hall–Kier alpha value is -2.98. The molecule has 23 heavy (non-hydrogen) atoms. The molecule has 0 aliphatic carbocycles. The van der Waals surface area contributed by atoms with E-state index in [9.17, 15) is 10.1 Å². The molecule has 7 heteroatoms. The molecule has 0 unspecified atom stereocenters. The van der Waals surface area contributed by atoms with Crippen LogP contribution in [0.15, 0.2) is 48.1 Å². The van der Waals surface area contributed by atoms with Gasteiger partial charge in [-0.3, -0.25) is 4.79 Å². The van der Waals surface area contributed by atoms with Crippen molar-refractivity contribution in [2.75, 3.05) is 0 Å². The van der Waals surface area contributed by atoms with E-state index in [1.807, 2.05) is 30.3 Å². The third-order valence-corrected chi connectivity index (χ3v) is 4.08. The van der Waals surface area contributed by atoms with E-state index >= 15 is 0 Å². The molecule has 2 heterocycles. The Labute approximate surface area is 137 Å². The van der Waals surface area contributed by atoms with Gasteiger partial charge in [-0.15, -0.1) is 0 Å². The second-order valence-corrected chi connectivity index (χ2v) is 5.53. The number of carbonyl (C=O) groups excluding carboxylic acids is 1. The summed E-state index contributed by atoms with van der Waals surface area (Å²) in [4.78, 5) is 12.2. The van der Waals surface area contributed by atoms with E-state index in [0.717, 1.165) is 5.69 Å². The van der Waals surface area contributed by atoms with Crippen LogP contribution in [0.2, 0.25) is 0 Å². The lowest BCUT2D eigenvalue weighted by molar-refractivity contribution is 0.0945. The van der Waals surface area contributed by atoms with Crippen LogP contribution < -0.4 is 5.32 Å². The Bertz CT molecular complexity index is 862. The van der Waals surface area contributed by atoms with Crippen LogP contribution >= 0.6 is 11.5 Å². The largest absolute Gasteiger partial charge is 0.332 e. The summed E-state index contributed by atoms with van der Waals surface area (Å²) in [5.74, 6) is -0.310. The van der Waals surface area contributed by atoms with Crippen molar-refractivity contribution in [1.82, 2.24) is 19.5 Å². The molecule has 0 aliphatic heterocycles. The summed E-state index contributed by atoms with van der Waals surface area (Å²) in [5.41, 5.74) is 2.67. The first-order valence-corrected chi connectivity index (χ1v) is 7.74. The molecule has 0 bridgehead atoms. The van der Waals surface area contributed by atoms with Crippen molar-refractivity contribution in [1.29, 1.82) is 5.26 Å². The molecule has 3 rings (SSSR count). The Morgan fingerprint density at radius 2 is 2.17 bits per heavy atom. The van der Waals surface area contributed by atoms with Crippen LogP contribution in [-0.4, -0.2) is 20.1 Å². The molecule has 1 amide bonds. The van der Waals surface area contributed by atoms with Crippen LogP contribution in [0.3, 0.4) is 0 Å². The highest BCUT2D eigenvalue weighted by atomic mass is 32.1. The highest BCUT2D eigenvalue weighted by Gasteiger charge is 2.19. The molecular formula is C16H13N5OS. The summed E-state index contributed by atoms with van der Waals surface area (Å²) in [5, 5.41) is 18.0. The molecule has 0 aliphatic rings. The minimum absolute atomic E-state index is 0.310. The lowest BCUT2D eigenvalue weighted by Gasteiger charge is -2.09. The van der Waals surface area contributed by atoms with Gasteiger partial charge in [0, 0.05) is 17.1 Å². The second kappa shape index (κ2) is 6.42. The van der Waals surface area contributed by atoms with Crippen molar-refractivity contribution < 1.29 is 4.79 Å². The molecule has 0 spiro atoms. The zero-order valence-corrected chi connectivity index (χ0v) is 13.1. The van der Waals surface area contributed by atoms with Gasteiger partial charge < -0.3 is 5.32 Å². The number of para-hydroxylation sites is 1. The minimum Gasteiger partial charge on any atom is -0.332 e. The van der Waals surface area contributed by atoms with Gasteiger partial charge in [0.05, 0.1) is 29.2 Å². The molecular weight excluding hydrogens is 310 g/mol. The van der Waals surface area contributed by atoms with Gasteiger partial charge in [-0.2, -0.15) is 14.7 Å². The average molecular weight is 323 g/mol. The first kappa shape index (κ1) is 14.9. The van der Waals surface area contributed by atoms with E-state index in [1.54, 1.807) is 29.4 Å². The lowest BCUT2D eigenvalue weighted by atomic mass is 10.1. The Balaban J connectivity index is 1.80. The zero-order valence-electron chi connectivity index (χ0n) is 12.3. The SMILES string of the molecule is Cc1nscc1C(=O)N[C@H](C#N)c1cnn(-c2ccccc2)c1. The van der Waals surface area contributed by atoms with Gasteiger partial charge in [-0.1, -0.05) is 18.2 Å². The van der Waals surface area contributed by atoms with Gasteiger partial charge >= 0.3 is 0 Å². The third kappa shape index (κ3) is 3.12. The van der Waals surface area contributed by atoms with E-state index in [-0.39, 0.29) is 5.91 Å². The van der Waals surface area contributed by atoms with Crippen molar-refractivity contribution in [2.45, 2.75) is 13.0 Å². The number of nitrogens with zero attached hydrogens (tertiary/aromatic N) is 4. The minimum atomic E-state index is -0.765. The molecule has 1 aromatic carbocycles. The van der Waals surface area contributed by atoms with E-state index in [0.29, 0.717) is 16.8 Å². The molecule has 6 nitrogen and oxygen atoms in total. The summed E-state index contributed by atoms with van der Waals surface area (Å²) in [6, 6.07) is 10.9. The summed E-state index contributed by atoms with van der Waals surface area (Å²) < 4.78 is 5.74. The first-order valence-electron chi connectivity index (χ1n) is 6.90. The monoisotopic (exact) mass is 323 g/mol. The molecule has 0 saturated heterocycles. The molecule has 114 valence electrons. The van der Waals surface area contributed by atoms with Crippen molar-refractivity contribution in [3.05, 3.63) is 64.9 Å². The quantitative estimate of drug-likeness (QED) is 0.800. The maximum absolute atomic E-state index is 12.2. The fourth-order valence-electron chi connectivity index (χ4n) is 2.12. The molecule has 0 radical (unpaired) electrons. The van der Waals surface area contributed by atoms with Crippen molar-refractivity contribution in [2.24, 2.45) is 0 Å². The average Bonchev–Trinajstić information content (AvgIpc) is 3.22. The number of amides is 1. The van der Waals surface area contributed by atoms with Gasteiger partial charge in [0.1, 0.15) is 6.04 Å². The fraction of sp³-hybridized carbons (Fsp3) is 0.125. The number of aromatic nitrogens is 3. The number of benzene rings is 1. The molecule has 0 fully saturated rings. The third-order valence-electron chi connectivity index (χ3n) is 3.36. The Kier molecular flexibility index (Phi) is 4.17. The smallest absolute Gasteiger partial charge is 0.255 e. The Morgan fingerprint density at radius 3 is 2.83 bits per heavy atom. The summed E-state index contributed by atoms with van der Waals surface area (Å²) in [7, 11) is 0. The summed E-state index contributed by atoms with van der Waals surface area (Å²) >= 11 is 1.22. The van der Waals surface area contributed by atoms with Crippen LogP contribution in [0.4, 0.5) is 0 Å². The predicted octanol–water partition coefficient (Wildman–Crippen LogP) is 2.63. The molecule has 2 aromatic heterocycles.